The SMILES string of the molecule is Cc1cc(Br)cc2[nH]c(C3Cc4ccccc4C3)nc12. The van der Waals surface area contributed by atoms with Crippen LogP contribution in [-0.2, 0) is 12.8 Å². The van der Waals surface area contributed by atoms with E-state index in [4.69, 9.17) is 4.98 Å². The van der Waals surface area contributed by atoms with Gasteiger partial charge in [0.05, 0.1) is 11.0 Å². The van der Waals surface area contributed by atoms with E-state index in [1.165, 1.54) is 16.7 Å². The van der Waals surface area contributed by atoms with Gasteiger partial charge in [0.25, 0.3) is 0 Å². The second kappa shape index (κ2) is 4.45. The van der Waals surface area contributed by atoms with Crippen LogP contribution in [0.25, 0.3) is 11.0 Å². The van der Waals surface area contributed by atoms with Crippen LogP contribution in [0.2, 0.25) is 0 Å². The van der Waals surface area contributed by atoms with E-state index in [-0.39, 0.29) is 0 Å². The zero-order valence-corrected chi connectivity index (χ0v) is 12.9. The summed E-state index contributed by atoms with van der Waals surface area (Å²) in [6.45, 7) is 2.11. The van der Waals surface area contributed by atoms with E-state index in [9.17, 15) is 0 Å². The lowest BCUT2D eigenvalue weighted by Gasteiger charge is -2.03. The molecule has 0 amide bonds. The van der Waals surface area contributed by atoms with Crippen molar-refractivity contribution in [2.24, 2.45) is 0 Å². The first-order valence-corrected chi connectivity index (χ1v) is 7.72. The van der Waals surface area contributed by atoms with E-state index in [1.807, 2.05) is 0 Å². The number of aromatic nitrogens is 2. The Morgan fingerprint density at radius 2 is 1.85 bits per heavy atom. The molecule has 2 aromatic carbocycles. The number of H-pyrrole nitrogens is 1. The van der Waals surface area contributed by atoms with E-state index in [2.05, 4.69) is 64.2 Å². The van der Waals surface area contributed by atoms with Gasteiger partial charge < -0.3 is 4.98 Å². The van der Waals surface area contributed by atoms with Crippen molar-refractivity contribution in [3.8, 4) is 0 Å². The Hall–Kier alpha value is -1.61. The maximum atomic E-state index is 4.84. The predicted molar refractivity (Wildman–Crippen MR) is 85.1 cm³/mol. The van der Waals surface area contributed by atoms with Crippen LogP contribution in [0.5, 0.6) is 0 Å². The molecule has 3 aromatic rings. The molecule has 0 radical (unpaired) electrons. The number of halogens is 1. The summed E-state index contributed by atoms with van der Waals surface area (Å²) < 4.78 is 1.10. The highest BCUT2D eigenvalue weighted by Crippen LogP contribution is 2.34. The third-order valence-electron chi connectivity index (χ3n) is 4.20. The van der Waals surface area contributed by atoms with Crippen LogP contribution in [0.15, 0.2) is 40.9 Å². The summed E-state index contributed by atoms with van der Waals surface area (Å²) in [6, 6.07) is 13.0. The molecule has 0 spiro atoms. The molecule has 1 aromatic heterocycles. The second-order valence-corrected chi connectivity index (χ2v) is 6.53. The minimum Gasteiger partial charge on any atom is -0.342 e. The molecule has 0 saturated heterocycles. The van der Waals surface area contributed by atoms with Gasteiger partial charge in [0.2, 0.25) is 0 Å². The monoisotopic (exact) mass is 326 g/mol. The summed E-state index contributed by atoms with van der Waals surface area (Å²) in [5, 5.41) is 0. The number of nitrogens with one attached hydrogen (secondary N) is 1. The number of hydrogen-bond acceptors (Lipinski definition) is 1. The zero-order valence-electron chi connectivity index (χ0n) is 11.3. The number of hydrogen-bond donors (Lipinski definition) is 1. The third kappa shape index (κ3) is 1.88. The quantitative estimate of drug-likeness (QED) is 0.700. The molecule has 0 saturated carbocycles. The van der Waals surface area contributed by atoms with Gasteiger partial charge in [-0.25, -0.2) is 4.98 Å². The van der Waals surface area contributed by atoms with Crippen molar-refractivity contribution < 1.29 is 0 Å². The highest BCUT2D eigenvalue weighted by atomic mass is 79.9. The molecule has 1 aliphatic carbocycles. The Bertz CT molecular complexity index is 779. The Morgan fingerprint density at radius 1 is 1.15 bits per heavy atom. The van der Waals surface area contributed by atoms with Crippen LogP contribution in [0.4, 0.5) is 0 Å². The number of rotatable bonds is 1. The number of benzene rings is 2. The Labute approximate surface area is 126 Å². The number of aromatic amines is 1. The first kappa shape index (κ1) is 12.2. The molecule has 3 heteroatoms. The van der Waals surface area contributed by atoms with Crippen molar-refractivity contribution in [2.45, 2.75) is 25.7 Å². The van der Waals surface area contributed by atoms with Gasteiger partial charge in [-0.15, -0.1) is 0 Å². The van der Waals surface area contributed by atoms with Crippen LogP contribution >= 0.6 is 15.9 Å². The lowest BCUT2D eigenvalue weighted by Crippen LogP contribution is -2.00. The fraction of sp³-hybridized carbons (Fsp3) is 0.235. The highest BCUT2D eigenvalue weighted by molar-refractivity contribution is 9.10. The molecule has 2 nitrogen and oxygen atoms in total. The van der Waals surface area contributed by atoms with Gasteiger partial charge in [0, 0.05) is 10.4 Å². The van der Waals surface area contributed by atoms with Gasteiger partial charge in [-0.2, -0.15) is 0 Å². The van der Waals surface area contributed by atoms with E-state index < -0.39 is 0 Å². The third-order valence-corrected chi connectivity index (χ3v) is 4.66. The summed E-state index contributed by atoms with van der Waals surface area (Å²) in [5.74, 6) is 1.61. The summed E-state index contributed by atoms with van der Waals surface area (Å²) in [6.07, 6.45) is 2.19. The van der Waals surface area contributed by atoms with Crippen molar-refractivity contribution >= 4 is 27.0 Å². The van der Waals surface area contributed by atoms with Crippen molar-refractivity contribution in [3.05, 3.63) is 63.4 Å². The average molecular weight is 327 g/mol. The lowest BCUT2D eigenvalue weighted by molar-refractivity contribution is 0.697. The van der Waals surface area contributed by atoms with E-state index in [0.717, 1.165) is 34.2 Å². The number of aryl methyl sites for hydroxylation is 1. The van der Waals surface area contributed by atoms with Crippen LogP contribution in [-0.4, -0.2) is 9.97 Å². The molecule has 1 N–H and O–H groups in total. The largest absolute Gasteiger partial charge is 0.342 e. The van der Waals surface area contributed by atoms with Crippen LogP contribution < -0.4 is 0 Å². The molecule has 1 heterocycles. The first-order valence-electron chi connectivity index (χ1n) is 6.93. The van der Waals surface area contributed by atoms with Crippen molar-refractivity contribution in [3.63, 3.8) is 0 Å². The van der Waals surface area contributed by atoms with E-state index >= 15 is 0 Å². The molecule has 0 atom stereocenters. The minimum atomic E-state index is 0.484. The smallest absolute Gasteiger partial charge is 0.111 e. The summed E-state index contributed by atoms with van der Waals surface area (Å²) in [7, 11) is 0. The number of fused-ring (bicyclic) bond motifs is 2. The summed E-state index contributed by atoms with van der Waals surface area (Å²) >= 11 is 3.55. The molecule has 0 aliphatic heterocycles. The molecule has 4 rings (SSSR count). The Morgan fingerprint density at radius 3 is 2.55 bits per heavy atom. The fourth-order valence-corrected chi connectivity index (χ4v) is 3.78. The Kier molecular flexibility index (Phi) is 2.71. The second-order valence-electron chi connectivity index (χ2n) is 5.61. The van der Waals surface area contributed by atoms with Gasteiger partial charge in [0.15, 0.2) is 0 Å². The lowest BCUT2D eigenvalue weighted by atomic mass is 10.1. The van der Waals surface area contributed by atoms with Crippen LogP contribution in [0.1, 0.15) is 28.4 Å². The summed E-state index contributed by atoms with van der Waals surface area (Å²) in [4.78, 5) is 8.35. The van der Waals surface area contributed by atoms with Gasteiger partial charge in [-0.05, 0) is 48.6 Å². The first-order chi connectivity index (χ1) is 9.70. The standard InChI is InChI=1S/C17H15BrN2/c1-10-6-14(18)9-15-16(10)20-17(19-15)13-7-11-4-2-3-5-12(11)8-13/h2-6,9,13H,7-8H2,1H3,(H,19,20). The fourth-order valence-electron chi connectivity index (χ4n) is 3.21. The van der Waals surface area contributed by atoms with E-state index in [0.29, 0.717) is 5.92 Å². The van der Waals surface area contributed by atoms with Gasteiger partial charge in [-0.1, -0.05) is 40.2 Å². The van der Waals surface area contributed by atoms with Gasteiger partial charge >= 0.3 is 0 Å². The molecule has 0 fully saturated rings. The number of nitrogens with zero attached hydrogens (tertiary/aromatic N) is 1. The summed E-state index contributed by atoms with van der Waals surface area (Å²) in [5.41, 5.74) is 6.38. The minimum absolute atomic E-state index is 0.484. The predicted octanol–water partition coefficient (Wildman–Crippen LogP) is 4.52. The maximum Gasteiger partial charge on any atom is 0.111 e. The van der Waals surface area contributed by atoms with Crippen molar-refractivity contribution in [1.29, 1.82) is 0 Å². The molecule has 0 unspecified atom stereocenters. The normalized spacial score (nSPS) is 14.9. The molecule has 100 valence electrons. The topological polar surface area (TPSA) is 28.7 Å². The zero-order chi connectivity index (χ0) is 13.7. The molecule has 0 bridgehead atoms. The number of imidazole rings is 1. The van der Waals surface area contributed by atoms with Crippen LogP contribution in [0, 0.1) is 6.92 Å². The van der Waals surface area contributed by atoms with Gasteiger partial charge in [-0.3, -0.25) is 0 Å². The van der Waals surface area contributed by atoms with Crippen molar-refractivity contribution in [2.75, 3.05) is 0 Å². The molecular formula is C17H15BrN2. The Balaban J connectivity index is 1.76. The maximum absolute atomic E-state index is 4.84. The molecular weight excluding hydrogens is 312 g/mol. The van der Waals surface area contributed by atoms with E-state index in [1.54, 1.807) is 0 Å². The molecule has 20 heavy (non-hydrogen) atoms. The van der Waals surface area contributed by atoms with Crippen molar-refractivity contribution in [1.82, 2.24) is 9.97 Å². The van der Waals surface area contributed by atoms with Crippen LogP contribution in [0.3, 0.4) is 0 Å². The van der Waals surface area contributed by atoms with Gasteiger partial charge in [0.1, 0.15) is 5.82 Å². The highest BCUT2D eigenvalue weighted by Gasteiger charge is 2.25. The molecule has 1 aliphatic rings. The average Bonchev–Trinajstić information content (AvgIpc) is 3.01.